The van der Waals surface area contributed by atoms with Gasteiger partial charge in [-0.1, -0.05) is 18.2 Å². The van der Waals surface area contributed by atoms with Crippen molar-refractivity contribution in [2.24, 2.45) is 7.05 Å². The quantitative estimate of drug-likeness (QED) is 0.799. The lowest BCUT2D eigenvalue weighted by molar-refractivity contribution is -0.119. The molecular weight excluding hydrogens is 280 g/mol. The first-order valence-electron chi connectivity index (χ1n) is 6.30. The highest BCUT2D eigenvalue weighted by Gasteiger charge is 2.25. The van der Waals surface area contributed by atoms with Crippen LogP contribution in [0.2, 0.25) is 0 Å². The Kier molecular flexibility index (Phi) is 3.45. The summed E-state index contributed by atoms with van der Waals surface area (Å²) in [6.07, 6.45) is 3.62. The van der Waals surface area contributed by atoms with Crippen molar-refractivity contribution in [1.29, 1.82) is 0 Å². The number of ketones is 1. The lowest BCUT2D eigenvalue weighted by atomic mass is 9.99. The minimum absolute atomic E-state index is 0.0224. The molecule has 2 aromatic rings. The second-order valence-corrected chi connectivity index (χ2v) is 6.80. The Bertz CT molecular complexity index is 689. The average Bonchev–Trinajstić information content (AvgIpc) is 2.86. The van der Waals surface area contributed by atoms with Crippen LogP contribution in [0.5, 0.6) is 0 Å². The lowest BCUT2D eigenvalue weighted by Gasteiger charge is -2.20. The van der Waals surface area contributed by atoms with Crippen molar-refractivity contribution >= 4 is 39.1 Å². The number of aromatic nitrogens is 2. The Balaban J connectivity index is 1.98. The molecule has 0 spiro atoms. The van der Waals surface area contributed by atoms with Gasteiger partial charge in [0.1, 0.15) is 10.5 Å². The molecule has 0 N–H and O–H groups in total. The van der Waals surface area contributed by atoms with Gasteiger partial charge in [-0.25, -0.2) is 4.98 Å². The van der Waals surface area contributed by atoms with E-state index in [4.69, 9.17) is 0 Å². The second kappa shape index (κ2) is 5.09. The summed E-state index contributed by atoms with van der Waals surface area (Å²) >= 11 is 2.85. The molecule has 6 heteroatoms. The highest BCUT2D eigenvalue weighted by Crippen LogP contribution is 2.30. The zero-order valence-corrected chi connectivity index (χ0v) is 12.2. The number of hydrogen-bond acceptors (Lipinski definition) is 5. The molecular formula is C13H14N2O2S2. The molecule has 19 heavy (non-hydrogen) atoms. The van der Waals surface area contributed by atoms with Crippen LogP contribution in [0.25, 0.3) is 10.2 Å². The fourth-order valence-electron chi connectivity index (χ4n) is 2.28. The maximum absolute atomic E-state index is 12.2. The average molecular weight is 294 g/mol. The van der Waals surface area contributed by atoms with Crippen LogP contribution < -0.4 is 5.56 Å². The van der Waals surface area contributed by atoms with E-state index >= 15 is 0 Å². The molecule has 1 unspecified atom stereocenters. The minimum Gasteiger partial charge on any atom is -0.298 e. The molecule has 0 aromatic carbocycles. The van der Waals surface area contributed by atoms with Gasteiger partial charge in [-0.15, -0.1) is 11.3 Å². The molecule has 0 bridgehead atoms. The maximum atomic E-state index is 12.2. The van der Waals surface area contributed by atoms with Crippen molar-refractivity contribution in [2.45, 2.75) is 36.1 Å². The summed E-state index contributed by atoms with van der Waals surface area (Å²) in [5.41, 5.74) is 0.713. The summed E-state index contributed by atoms with van der Waals surface area (Å²) in [7, 11) is 1.73. The van der Waals surface area contributed by atoms with Crippen molar-refractivity contribution in [2.75, 3.05) is 0 Å². The molecule has 2 heterocycles. The van der Waals surface area contributed by atoms with Crippen molar-refractivity contribution < 1.29 is 4.79 Å². The number of fused-ring (bicyclic) bond motifs is 1. The van der Waals surface area contributed by atoms with Gasteiger partial charge in [-0.2, -0.15) is 0 Å². The van der Waals surface area contributed by atoms with Gasteiger partial charge in [-0.05, 0) is 24.3 Å². The van der Waals surface area contributed by atoms with Gasteiger partial charge in [-0.3, -0.25) is 14.2 Å². The van der Waals surface area contributed by atoms with E-state index in [9.17, 15) is 9.59 Å². The topological polar surface area (TPSA) is 52.0 Å². The van der Waals surface area contributed by atoms with Gasteiger partial charge in [0.15, 0.2) is 5.16 Å². The predicted molar refractivity (Wildman–Crippen MR) is 78.0 cm³/mol. The molecule has 3 rings (SSSR count). The Morgan fingerprint density at radius 1 is 1.42 bits per heavy atom. The van der Waals surface area contributed by atoms with Crippen molar-refractivity contribution in [3.63, 3.8) is 0 Å². The number of carbonyl (C=O) groups excluding carboxylic acids is 1. The third kappa shape index (κ3) is 2.34. The van der Waals surface area contributed by atoms with Gasteiger partial charge in [0.05, 0.1) is 10.8 Å². The van der Waals surface area contributed by atoms with Crippen LogP contribution in [0.4, 0.5) is 0 Å². The normalized spacial score (nSPS) is 20.1. The molecule has 1 atom stereocenters. The van der Waals surface area contributed by atoms with Crippen molar-refractivity contribution in [3.05, 3.63) is 21.8 Å². The molecule has 0 saturated heterocycles. The Labute approximate surface area is 118 Å². The first-order chi connectivity index (χ1) is 9.16. The molecule has 100 valence electrons. The van der Waals surface area contributed by atoms with Crippen LogP contribution >= 0.6 is 23.1 Å². The third-order valence-corrected chi connectivity index (χ3v) is 5.64. The Morgan fingerprint density at radius 2 is 2.26 bits per heavy atom. The maximum Gasteiger partial charge on any atom is 0.271 e. The number of Topliss-reactive ketones (excluding diaryl/α,β-unsaturated/α-hetero) is 1. The summed E-state index contributed by atoms with van der Waals surface area (Å²) in [6.45, 7) is 0. The predicted octanol–water partition coefficient (Wildman–Crippen LogP) is 2.60. The van der Waals surface area contributed by atoms with Gasteiger partial charge < -0.3 is 0 Å². The zero-order chi connectivity index (χ0) is 13.4. The summed E-state index contributed by atoms with van der Waals surface area (Å²) in [5.74, 6) is 0.288. The van der Waals surface area contributed by atoms with Crippen molar-refractivity contribution in [1.82, 2.24) is 9.55 Å². The van der Waals surface area contributed by atoms with E-state index in [-0.39, 0.29) is 16.6 Å². The van der Waals surface area contributed by atoms with Crippen LogP contribution in [-0.4, -0.2) is 20.6 Å². The fourth-order valence-corrected chi connectivity index (χ4v) is 4.26. The molecule has 0 radical (unpaired) electrons. The van der Waals surface area contributed by atoms with E-state index in [0.29, 0.717) is 16.3 Å². The van der Waals surface area contributed by atoms with E-state index in [1.54, 1.807) is 11.6 Å². The van der Waals surface area contributed by atoms with Gasteiger partial charge in [0.2, 0.25) is 0 Å². The third-order valence-electron chi connectivity index (χ3n) is 3.39. The van der Waals surface area contributed by atoms with Gasteiger partial charge in [0, 0.05) is 13.5 Å². The number of nitrogens with zero attached hydrogens (tertiary/aromatic N) is 2. The Hall–Kier alpha value is -1.14. The lowest BCUT2D eigenvalue weighted by Crippen LogP contribution is -2.24. The summed E-state index contributed by atoms with van der Waals surface area (Å²) in [4.78, 5) is 28.6. The van der Waals surface area contributed by atoms with Crippen LogP contribution in [0.15, 0.2) is 21.4 Å². The SMILES string of the molecule is Cn1c(SC2CCCCC2=O)nc2ccsc2c1=O. The van der Waals surface area contributed by atoms with Crippen LogP contribution in [0.1, 0.15) is 25.7 Å². The minimum atomic E-state index is -0.0389. The molecule has 1 fully saturated rings. The van der Waals surface area contributed by atoms with E-state index in [1.807, 2.05) is 11.4 Å². The summed E-state index contributed by atoms with van der Waals surface area (Å²) in [5, 5.41) is 2.48. The van der Waals surface area contributed by atoms with E-state index in [0.717, 1.165) is 24.8 Å². The zero-order valence-electron chi connectivity index (χ0n) is 10.6. The highest BCUT2D eigenvalue weighted by atomic mass is 32.2. The smallest absolute Gasteiger partial charge is 0.271 e. The Morgan fingerprint density at radius 3 is 3.05 bits per heavy atom. The van der Waals surface area contributed by atoms with Crippen LogP contribution in [-0.2, 0) is 11.8 Å². The first kappa shape index (κ1) is 12.9. The van der Waals surface area contributed by atoms with Crippen LogP contribution in [0, 0.1) is 0 Å². The number of hydrogen-bond donors (Lipinski definition) is 0. The monoisotopic (exact) mass is 294 g/mol. The molecule has 0 amide bonds. The largest absolute Gasteiger partial charge is 0.298 e. The molecule has 2 aromatic heterocycles. The van der Waals surface area contributed by atoms with Crippen LogP contribution in [0.3, 0.4) is 0 Å². The first-order valence-corrected chi connectivity index (χ1v) is 8.06. The van der Waals surface area contributed by atoms with Gasteiger partial charge in [0.25, 0.3) is 5.56 Å². The fraction of sp³-hybridized carbons (Fsp3) is 0.462. The molecule has 1 saturated carbocycles. The second-order valence-electron chi connectivity index (χ2n) is 4.71. The van der Waals surface area contributed by atoms with Gasteiger partial charge >= 0.3 is 0 Å². The number of carbonyl (C=O) groups is 1. The van der Waals surface area contributed by atoms with E-state index in [1.165, 1.54) is 23.1 Å². The summed E-state index contributed by atoms with van der Waals surface area (Å²) in [6, 6.07) is 1.86. The molecule has 1 aliphatic carbocycles. The van der Waals surface area contributed by atoms with E-state index in [2.05, 4.69) is 4.98 Å². The highest BCUT2D eigenvalue weighted by molar-refractivity contribution is 8.00. The van der Waals surface area contributed by atoms with Crippen molar-refractivity contribution in [3.8, 4) is 0 Å². The molecule has 4 nitrogen and oxygen atoms in total. The summed E-state index contributed by atoms with van der Waals surface area (Å²) < 4.78 is 2.24. The molecule has 1 aliphatic rings. The number of thioether (sulfide) groups is 1. The molecule has 0 aliphatic heterocycles. The standard InChI is InChI=1S/C13H14N2O2S2/c1-15-12(17)11-8(6-7-18-11)14-13(15)19-10-5-3-2-4-9(10)16/h6-7,10H,2-5H2,1H3. The van der Waals surface area contributed by atoms with E-state index < -0.39 is 0 Å². The number of thiophene rings is 1. The number of rotatable bonds is 2.